The Balaban J connectivity index is 1.83. The van der Waals surface area contributed by atoms with Crippen molar-refractivity contribution in [3.63, 3.8) is 0 Å². The minimum Gasteiger partial charge on any atom is -0.461 e. The van der Waals surface area contributed by atoms with E-state index in [1.54, 1.807) is 6.92 Å². The van der Waals surface area contributed by atoms with Crippen molar-refractivity contribution >= 4 is 29.3 Å². The maximum Gasteiger partial charge on any atom is 0.356 e. The first-order valence-electron chi connectivity index (χ1n) is 7.74. The second-order valence-electron chi connectivity index (χ2n) is 5.44. The zero-order valence-corrected chi connectivity index (χ0v) is 14.8. The molecule has 1 aromatic heterocycles. The molecule has 0 spiro atoms. The number of aromatic nitrogens is 2. The van der Waals surface area contributed by atoms with E-state index in [0.29, 0.717) is 17.7 Å². The first-order chi connectivity index (χ1) is 11.5. The fourth-order valence-electron chi connectivity index (χ4n) is 1.97. The van der Waals surface area contributed by atoms with E-state index in [2.05, 4.69) is 29.1 Å². The predicted molar refractivity (Wildman–Crippen MR) is 94.4 cm³/mol. The number of nitrogens with zero attached hydrogens (tertiary/aromatic N) is 1. The van der Waals surface area contributed by atoms with Gasteiger partial charge in [0.2, 0.25) is 5.91 Å². The third-order valence-electron chi connectivity index (χ3n) is 3.25. The van der Waals surface area contributed by atoms with Crippen molar-refractivity contribution in [3.05, 3.63) is 41.7 Å². The summed E-state index contributed by atoms with van der Waals surface area (Å²) in [6.45, 7) is 6.29. The topological polar surface area (TPSA) is 84.1 Å². The van der Waals surface area contributed by atoms with Crippen molar-refractivity contribution in [2.75, 3.05) is 17.7 Å². The van der Waals surface area contributed by atoms with Gasteiger partial charge >= 0.3 is 5.97 Å². The number of aromatic amines is 1. The second kappa shape index (κ2) is 8.54. The van der Waals surface area contributed by atoms with Gasteiger partial charge < -0.3 is 15.0 Å². The van der Waals surface area contributed by atoms with Crippen LogP contribution in [0.5, 0.6) is 0 Å². The number of amides is 1. The van der Waals surface area contributed by atoms with Crippen molar-refractivity contribution in [2.24, 2.45) is 0 Å². The lowest BCUT2D eigenvalue weighted by molar-refractivity contribution is -0.113. The molecule has 0 fully saturated rings. The second-order valence-corrected chi connectivity index (χ2v) is 6.40. The van der Waals surface area contributed by atoms with E-state index in [9.17, 15) is 9.59 Å². The largest absolute Gasteiger partial charge is 0.461 e. The fraction of sp³-hybridized carbons (Fsp3) is 0.353. The molecule has 0 saturated heterocycles. The van der Waals surface area contributed by atoms with Crippen LogP contribution in [0.4, 0.5) is 5.69 Å². The van der Waals surface area contributed by atoms with Crippen LogP contribution in [-0.4, -0.2) is 34.2 Å². The summed E-state index contributed by atoms with van der Waals surface area (Å²) in [6.07, 6.45) is 1.41. The van der Waals surface area contributed by atoms with Crippen LogP contribution in [0.2, 0.25) is 0 Å². The average Bonchev–Trinajstić information content (AvgIpc) is 3.03. The molecule has 1 aromatic carbocycles. The number of H-pyrrole nitrogens is 1. The van der Waals surface area contributed by atoms with E-state index in [0.717, 1.165) is 5.69 Å². The van der Waals surface area contributed by atoms with Crippen LogP contribution in [0.1, 0.15) is 42.7 Å². The molecule has 1 heterocycles. The summed E-state index contributed by atoms with van der Waals surface area (Å²) in [4.78, 5) is 30.4. The zero-order valence-electron chi connectivity index (χ0n) is 14.0. The molecule has 7 heteroatoms. The van der Waals surface area contributed by atoms with Crippen LogP contribution in [0.25, 0.3) is 0 Å². The summed E-state index contributed by atoms with van der Waals surface area (Å²) in [6, 6.07) is 7.80. The molecule has 0 atom stereocenters. The van der Waals surface area contributed by atoms with Crippen molar-refractivity contribution in [1.82, 2.24) is 9.97 Å². The van der Waals surface area contributed by atoms with Crippen LogP contribution in [0.3, 0.4) is 0 Å². The summed E-state index contributed by atoms with van der Waals surface area (Å²) in [7, 11) is 0. The van der Waals surface area contributed by atoms with E-state index < -0.39 is 5.97 Å². The van der Waals surface area contributed by atoms with Crippen molar-refractivity contribution in [2.45, 2.75) is 31.8 Å². The highest BCUT2D eigenvalue weighted by Crippen LogP contribution is 2.18. The van der Waals surface area contributed by atoms with E-state index in [-0.39, 0.29) is 17.4 Å². The monoisotopic (exact) mass is 347 g/mol. The highest BCUT2D eigenvalue weighted by Gasteiger charge is 2.12. The van der Waals surface area contributed by atoms with Crippen LogP contribution in [0.15, 0.2) is 35.6 Å². The molecule has 0 bridgehead atoms. The number of esters is 1. The zero-order chi connectivity index (χ0) is 17.5. The van der Waals surface area contributed by atoms with Crippen molar-refractivity contribution in [1.29, 1.82) is 0 Å². The molecule has 24 heavy (non-hydrogen) atoms. The number of anilines is 1. The third kappa shape index (κ3) is 5.13. The first kappa shape index (κ1) is 18.1. The minimum atomic E-state index is -0.452. The molecule has 0 aliphatic rings. The number of ether oxygens (including phenoxy) is 1. The highest BCUT2D eigenvalue weighted by molar-refractivity contribution is 7.99. The van der Waals surface area contributed by atoms with Gasteiger partial charge in [-0.3, -0.25) is 4.79 Å². The smallest absolute Gasteiger partial charge is 0.356 e. The molecule has 0 saturated carbocycles. The lowest BCUT2D eigenvalue weighted by Gasteiger charge is -2.08. The van der Waals surface area contributed by atoms with Crippen LogP contribution in [0, 0.1) is 0 Å². The van der Waals surface area contributed by atoms with Gasteiger partial charge in [-0.05, 0) is 30.5 Å². The predicted octanol–water partition coefficient (Wildman–Crippen LogP) is 3.44. The van der Waals surface area contributed by atoms with Gasteiger partial charge in [0.15, 0.2) is 5.16 Å². The average molecular weight is 347 g/mol. The van der Waals surface area contributed by atoms with Gasteiger partial charge in [-0.2, -0.15) is 0 Å². The van der Waals surface area contributed by atoms with Crippen LogP contribution >= 0.6 is 11.8 Å². The number of hydrogen-bond acceptors (Lipinski definition) is 5. The van der Waals surface area contributed by atoms with Gasteiger partial charge in [0.25, 0.3) is 0 Å². The molecule has 0 aliphatic carbocycles. The molecule has 0 radical (unpaired) electrons. The van der Waals surface area contributed by atoms with Gasteiger partial charge in [-0.1, -0.05) is 37.7 Å². The molecule has 1 amide bonds. The van der Waals surface area contributed by atoms with E-state index >= 15 is 0 Å². The Hall–Kier alpha value is -2.28. The standard InChI is InChI=1S/C17H21N3O3S/c1-4-23-16(22)14-9-18-17(20-14)24-10-15(21)19-13-7-5-12(6-8-13)11(2)3/h5-9,11H,4,10H2,1-3H3,(H,18,20)(H,19,21). The summed E-state index contributed by atoms with van der Waals surface area (Å²) >= 11 is 1.23. The van der Waals surface area contributed by atoms with Gasteiger partial charge in [-0.15, -0.1) is 0 Å². The van der Waals surface area contributed by atoms with E-state index in [1.807, 2.05) is 24.3 Å². The van der Waals surface area contributed by atoms with E-state index in [4.69, 9.17) is 4.74 Å². The number of nitrogens with one attached hydrogen (secondary N) is 2. The molecule has 0 unspecified atom stereocenters. The number of rotatable bonds is 7. The van der Waals surface area contributed by atoms with Gasteiger partial charge in [0.05, 0.1) is 18.6 Å². The highest BCUT2D eigenvalue weighted by atomic mass is 32.2. The van der Waals surface area contributed by atoms with Crippen LogP contribution < -0.4 is 5.32 Å². The molecule has 6 nitrogen and oxygen atoms in total. The lowest BCUT2D eigenvalue weighted by Crippen LogP contribution is -2.14. The molecule has 2 aromatic rings. The number of hydrogen-bond donors (Lipinski definition) is 2. The number of carbonyl (C=O) groups excluding carboxylic acids is 2. The Labute approximate surface area is 145 Å². The number of benzene rings is 1. The summed E-state index contributed by atoms with van der Waals surface area (Å²) in [5.74, 6) is 0.0672. The quantitative estimate of drug-likeness (QED) is 0.592. The Morgan fingerprint density at radius 3 is 2.62 bits per heavy atom. The summed E-state index contributed by atoms with van der Waals surface area (Å²) < 4.78 is 4.87. The molecule has 2 N–H and O–H groups in total. The number of carbonyl (C=O) groups is 2. The number of imidazole rings is 1. The lowest BCUT2D eigenvalue weighted by atomic mass is 10.0. The SMILES string of the molecule is CCOC(=O)c1cnc(SCC(=O)Nc2ccc(C(C)C)cc2)[nH]1. The molecular formula is C17H21N3O3S. The van der Waals surface area contributed by atoms with Gasteiger partial charge in [0, 0.05) is 5.69 Å². The summed E-state index contributed by atoms with van der Waals surface area (Å²) in [5, 5.41) is 3.34. The van der Waals surface area contributed by atoms with Gasteiger partial charge in [0.1, 0.15) is 5.69 Å². The molecular weight excluding hydrogens is 326 g/mol. The third-order valence-corrected chi connectivity index (χ3v) is 4.14. The van der Waals surface area contributed by atoms with E-state index in [1.165, 1.54) is 23.5 Å². The number of thioether (sulfide) groups is 1. The molecule has 2 rings (SSSR count). The molecule has 128 valence electrons. The van der Waals surface area contributed by atoms with Gasteiger partial charge in [-0.25, -0.2) is 9.78 Å². The Bertz CT molecular complexity index is 695. The van der Waals surface area contributed by atoms with Crippen molar-refractivity contribution < 1.29 is 14.3 Å². The maximum absolute atomic E-state index is 12.0. The fourth-order valence-corrected chi connectivity index (χ4v) is 2.62. The maximum atomic E-state index is 12.0. The normalized spacial score (nSPS) is 10.7. The summed E-state index contributed by atoms with van der Waals surface area (Å²) in [5.41, 5.74) is 2.27. The van der Waals surface area contributed by atoms with Crippen LogP contribution in [-0.2, 0) is 9.53 Å². The Morgan fingerprint density at radius 2 is 2.00 bits per heavy atom. The molecule has 0 aliphatic heterocycles. The Kier molecular flexibility index (Phi) is 6.43. The Morgan fingerprint density at radius 1 is 1.29 bits per heavy atom. The minimum absolute atomic E-state index is 0.133. The first-order valence-corrected chi connectivity index (χ1v) is 8.73. The van der Waals surface area contributed by atoms with Crippen molar-refractivity contribution in [3.8, 4) is 0 Å².